The highest BCUT2D eigenvalue weighted by atomic mass is 19.1. The molecule has 2 aromatic rings. The summed E-state index contributed by atoms with van der Waals surface area (Å²) in [6.07, 6.45) is 8.21. The van der Waals surface area contributed by atoms with Crippen LogP contribution >= 0.6 is 0 Å². The van der Waals surface area contributed by atoms with E-state index in [4.69, 9.17) is 5.26 Å². The Morgan fingerprint density at radius 1 is 0.885 bits per heavy atom. The molecule has 2 heteroatoms. The molecule has 0 radical (unpaired) electrons. The summed E-state index contributed by atoms with van der Waals surface area (Å²) in [4.78, 5) is 0. The van der Waals surface area contributed by atoms with Gasteiger partial charge in [0.2, 0.25) is 0 Å². The zero-order valence-corrected chi connectivity index (χ0v) is 15.5. The Kier molecular flexibility index (Phi) is 6.83. The molecule has 1 saturated carbocycles. The second kappa shape index (κ2) is 9.53. The second-order valence-electron chi connectivity index (χ2n) is 7.53. The van der Waals surface area contributed by atoms with Crippen LogP contribution in [0.15, 0.2) is 48.5 Å². The van der Waals surface area contributed by atoms with Crippen molar-refractivity contribution in [3.05, 3.63) is 59.7 Å². The lowest BCUT2D eigenvalue weighted by molar-refractivity contribution is 0.312. The predicted octanol–water partition coefficient (Wildman–Crippen LogP) is 6.83. The van der Waals surface area contributed by atoms with E-state index in [1.807, 2.05) is 0 Å². The van der Waals surface area contributed by atoms with E-state index >= 15 is 0 Å². The van der Waals surface area contributed by atoms with Crippen molar-refractivity contribution in [3.63, 3.8) is 0 Å². The van der Waals surface area contributed by atoms with E-state index < -0.39 is 0 Å². The van der Waals surface area contributed by atoms with Crippen LogP contribution in [0.25, 0.3) is 11.1 Å². The quantitative estimate of drug-likeness (QED) is 0.537. The topological polar surface area (TPSA) is 23.8 Å². The third-order valence-corrected chi connectivity index (χ3v) is 5.78. The van der Waals surface area contributed by atoms with Crippen molar-refractivity contribution in [1.29, 1.82) is 5.26 Å². The maximum atomic E-state index is 12.3. The van der Waals surface area contributed by atoms with Crippen LogP contribution in [0.4, 0.5) is 4.39 Å². The lowest BCUT2D eigenvalue weighted by atomic mass is 9.77. The van der Waals surface area contributed by atoms with Gasteiger partial charge in [0.25, 0.3) is 0 Å². The van der Waals surface area contributed by atoms with Crippen molar-refractivity contribution in [1.82, 2.24) is 0 Å². The summed E-state index contributed by atoms with van der Waals surface area (Å²) in [7, 11) is 0. The monoisotopic (exact) mass is 349 g/mol. The van der Waals surface area contributed by atoms with Crippen molar-refractivity contribution < 1.29 is 4.39 Å². The van der Waals surface area contributed by atoms with Crippen LogP contribution in [0, 0.1) is 17.2 Å². The molecular formula is C24H28FN. The van der Waals surface area contributed by atoms with Crippen LogP contribution in [0.2, 0.25) is 0 Å². The van der Waals surface area contributed by atoms with Crippen molar-refractivity contribution in [2.75, 3.05) is 6.67 Å². The molecular weight excluding hydrogens is 321 g/mol. The molecule has 136 valence electrons. The third-order valence-electron chi connectivity index (χ3n) is 5.78. The average Bonchev–Trinajstić information content (AvgIpc) is 2.72. The van der Waals surface area contributed by atoms with E-state index in [0.29, 0.717) is 18.8 Å². The summed E-state index contributed by atoms with van der Waals surface area (Å²) in [5.74, 6) is 1.42. The van der Waals surface area contributed by atoms with E-state index in [1.165, 1.54) is 47.9 Å². The van der Waals surface area contributed by atoms with Gasteiger partial charge < -0.3 is 0 Å². The Morgan fingerprint density at radius 2 is 1.50 bits per heavy atom. The number of rotatable bonds is 7. The zero-order chi connectivity index (χ0) is 18.2. The van der Waals surface area contributed by atoms with Gasteiger partial charge in [-0.2, -0.15) is 5.26 Å². The second-order valence-corrected chi connectivity index (χ2v) is 7.53. The molecule has 0 heterocycles. The molecule has 3 rings (SSSR count). The summed E-state index contributed by atoms with van der Waals surface area (Å²) in [5.41, 5.74) is 5.12. The molecule has 0 unspecified atom stereocenters. The minimum Gasteiger partial charge on any atom is -0.251 e. The Hall–Kier alpha value is -2.14. The number of nitriles is 1. The highest BCUT2D eigenvalue weighted by Gasteiger charge is 2.22. The Morgan fingerprint density at radius 3 is 2.08 bits per heavy atom. The average molecular weight is 349 g/mol. The fourth-order valence-corrected chi connectivity index (χ4v) is 4.14. The number of hydrogen-bond donors (Lipinski definition) is 0. The minimum absolute atomic E-state index is 0.247. The van der Waals surface area contributed by atoms with E-state index in [1.54, 1.807) is 0 Å². The smallest absolute Gasteiger partial charge is 0.0897 e. The Balaban J connectivity index is 1.58. The SMILES string of the molecule is N#CCCC1CCC(c2ccc(-c3ccc(CCCF)cc3)cc2)CC1. The maximum Gasteiger partial charge on any atom is 0.0897 e. The van der Waals surface area contributed by atoms with Crippen LogP contribution in [0.5, 0.6) is 0 Å². The molecule has 1 fully saturated rings. The molecule has 0 amide bonds. The first-order chi connectivity index (χ1) is 12.8. The van der Waals surface area contributed by atoms with Crippen LogP contribution < -0.4 is 0 Å². The van der Waals surface area contributed by atoms with E-state index in [2.05, 4.69) is 54.6 Å². The molecule has 0 saturated heterocycles. The highest BCUT2D eigenvalue weighted by Crippen LogP contribution is 2.38. The normalized spacial score (nSPS) is 19.8. The molecule has 26 heavy (non-hydrogen) atoms. The summed E-state index contributed by atoms with van der Waals surface area (Å²) in [5, 5.41) is 8.74. The van der Waals surface area contributed by atoms with E-state index in [-0.39, 0.29) is 6.67 Å². The molecule has 1 aliphatic rings. The van der Waals surface area contributed by atoms with Crippen LogP contribution in [0.3, 0.4) is 0 Å². The maximum absolute atomic E-state index is 12.3. The summed E-state index contributed by atoms with van der Waals surface area (Å²) >= 11 is 0. The molecule has 2 aromatic carbocycles. The lowest BCUT2D eigenvalue weighted by Gasteiger charge is -2.28. The third kappa shape index (κ3) is 4.94. The fraction of sp³-hybridized carbons (Fsp3) is 0.458. The zero-order valence-electron chi connectivity index (χ0n) is 15.5. The molecule has 0 aromatic heterocycles. The molecule has 0 bridgehead atoms. The number of benzene rings is 2. The number of aryl methyl sites for hydroxylation is 1. The Labute approximate surface area is 156 Å². The fourth-order valence-electron chi connectivity index (χ4n) is 4.14. The van der Waals surface area contributed by atoms with Crippen LogP contribution in [0.1, 0.15) is 62.0 Å². The largest absolute Gasteiger partial charge is 0.251 e. The van der Waals surface area contributed by atoms with Crippen molar-refractivity contribution in [3.8, 4) is 17.2 Å². The molecule has 0 aliphatic heterocycles. The Bertz CT molecular complexity index is 703. The van der Waals surface area contributed by atoms with Crippen molar-refractivity contribution in [2.45, 2.75) is 57.3 Å². The standard InChI is InChI=1S/C24H28FN/c25-17-1-3-19-5-9-21(10-6-19)23-13-15-24(16-14-23)22-11-7-20(8-12-22)4-2-18-26/h5-6,9-10,13-16,20,22H,1-4,7-8,11-12,17H2. The van der Waals surface area contributed by atoms with Gasteiger partial charge in [0.15, 0.2) is 0 Å². The summed E-state index contributed by atoms with van der Waals surface area (Å²) in [6, 6.07) is 19.8. The summed E-state index contributed by atoms with van der Waals surface area (Å²) < 4.78 is 12.3. The van der Waals surface area contributed by atoms with Gasteiger partial charge in [-0.1, -0.05) is 48.5 Å². The van der Waals surface area contributed by atoms with E-state index in [0.717, 1.165) is 18.8 Å². The van der Waals surface area contributed by atoms with Gasteiger partial charge in [-0.3, -0.25) is 4.39 Å². The first-order valence-corrected chi connectivity index (χ1v) is 9.92. The van der Waals surface area contributed by atoms with Crippen molar-refractivity contribution >= 4 is 0 Å². The van der Waals surface area contributed by atoms with Gasteiger partial charge in [0, 0.05) is 6.42 Å². The molecule has 0 spiro atoms. The highest BCUT2D eigenvalue weighted by molar-refractivity contribution is 5.64. The van der Waals surface area contributed by atoms with Gasteiger partial charge in [0.1, 0.15) is 0 Å². The van der Waals surface area contributed by atoms with Gasteiger partial charge in [0.05, 0.1) is 12.7 Å². The lowest BCUT2D eigenvalue weighted by Crippen LogP contribution is -2.13. The van der Waals surface area contributed by atoms with Crippen molar-refractivity contribution in [2.24, 2.45) is 5.92 Å². The van der Waals surface area contributed by atoms with Gasteiger partial charge in [-0.15, -0.1) is 0 Å². The van der Waals surface area contributed by atoms with E-state index in [9.17, 15) is 4.39 Å². The van der Waals surface area contributed by atoms with Gasteiger partial charge >= 0.3 is 0 Å². The van der Waals surface area contributed by atoms with Crippen LogP contribution in [-0.4, -0.2) is 6.67 Å². The molecule has 1 aliphatic carbocycles. The molecule has 0 N–H and O–H groups in total. The molecule has 0 atom stereocenters. The minimum atomic E-state index is -0.247. The summed E-state index contributed by atoms with van der Waals surface area (Å²) in [6.45, 7) is -0.247. The predicted molar refractivity (Wildman–Crippen MR) is 106 cm³/mol. The van der Waals surface area contributed by atoms with Gasteiger partial charge in [-0.05, 0) is 79.0 Å². The van der Waals surface area contributed by atoms with Crippen LogP contribution in [-0.2, 0) is 6.42 Å². The molecule has 1 nitrogen and oxygen atoms in total. The number of alkyl halides is 1. The first kappa shape index (κ1) is 18.6. The first-order valence-electron chi connectivity index (χ1n) is 9.92. The number of hydrogen-bond acceptors (Lipinski definition) is 1. The van der Waals surface area contributed by atoms with Gasteiger partial charge in [-0.25, -0.2) is 0 Å². The number of nitrogens with zero attached hydrogens (tertiary/aromatic N) is 1. The number of halogens is 1.